The first-order chi connectivity index (χ1) is 15.0. The van der Waals surface area contributed by atoms with E-state index in [0.29, 0.717) is 24.4 Å². The Hall–Kier alpha value is -3.29. The highest BCUT2D eigenvalue weighted by atomic mass is 16.6. The number of hydrogen-bond acceptors (Lipinski definition) is 7. The number of rotatable bonds is 3. The number of aromatic nitrogens is 3. The molecule has 8 heteroatoms. The average molecular weight is 422 g/mol. The van der Waals surface area contributed by atoms with Gasteiger partial charge in [-0.15, -0.1) is 5.10 Å². The van der Waals surface area contributed by atoms with Gasteiger partial charge in [-0.05, 0) is 44.5 Å². The standard InChI is InChI=1S/C23H26N4O4/c1-14-12-21-24-16(3)15(2)23(28)27(21)25-22(14)26-8-6-17(7-9-26)31-18-4-5-19-20(13-18)30-11-10-29-19/h4-5,12-13,17H,6-11H2,1-3H3. The highest BCUT2D eigenvalue weighted by molar-refractivity contribution is 5.53. The van der Waals surface area contributed by atoms with Gasteiger partial charge in [0.05, 0.1) is 0 Å². The molecule has 1 aromatic carbocycles. The lowest BCUT2D eigenvalue weighted by Gasteiger charge is -2.33. The summed E-state index contributed by atoms with van der Waals surface area (Å²) in [4.78, 5) is 19.4. The third kappa shape index (κ3) is 3.66. The van der Waals surface area contributed by atoms with E-state index in [-0.39, 0.29) is 11.7 Å². The van der Waals surface area contributed by atoms with Crippen molar-refractivity contribution in [2.75, 3.05) is 31.2 Å². The summed E-state index contributed by atoms with van der Waals surface area (Å²) in [7, 11) is 0. The maximum atomic E-state index is 12.7. The van der Waals surface area contributed by atoms with Gasteiger partial charge in [0.15, 0.2) is 23.0 Å². The van der Waals surface area contributed by atoms with Gasteiger partial charge in [-0.2, -0.15) is 4.52 Å². The van der Waals surface area contributed by atoms with Crippen molar-refractivity contribution in [1.82, 2.24) is 14.6 Å². The molecule has 0 radical (unpaired) electrons. The van der Waals surface area contributed by atoms with Crippen molar-refractivity contribution in [3.63, 3.8) is 0 Å². The molecule has 8 nitrogen and oxygen atoms in total. The van der Waals surface area contributed by atoms with Crippen molar-refractivity contribution < 1.29 is 14.2 Å². The third-order valence-corrected chi connectivity index (χ3v) is 6.01. The second-order valence-corrected chi connectivity index (χ2v) is 8.16. The molecule has 4 heterocycles. The van der Waals surface area contributed by atoms with Crippen LogP contribution in [0.1, 0.15) is 29.7 Å². The first kappa shape index (κ1) is 19.7. The van der Waals surface area contributed by atoms with Gasteiger partial charge in [0.25, 0.3) is 5.56 Å². The van der Waals surface area contributed by atoms with E-state index < -0.39 is 0 Å². The van der Waals surface area contributed by atoms with Gasteiger partial charge in [0, 0.05) is 43.3 Å². The molecule has 0 spiro atoms. The van der Waals surface area contributed by atoms with E-state index in [9.17, 15) is 4.79 Å². The number of nitrogens with zero attached hydrogens (tertiary/aromatic N) is 4. The Morgan fingerprint density at radius 3 is 2.55 bits per heavy atom. The quantitative estimate of drug-likeness (QED) is 0.642. The number of piperidine rings is 1. The Bertz CT molecular complexity index is 1200. The second kappa shape index (κ2) is 7.76. The largest absolute Gasteiger partial charge is 0.490 e. The minimum atomic E-state index is -0.111. The summed E-state index contributed by atoms with van der Waals surface area (Å²) in [5.74, 6) is 3.13. The summed E-state index contributed by atoms with van der Waals surface area (Å²) in [5.41, 5.74) is 2.87. The highest BCUT2D eigenvalue weighted by Crippen LogP contribution is 2.34. The van der Waals surface area contributed by atoms with Crippen molar-refractivity contribution in [2.45, 2.75) is 39.7 Å². The SMILES string of the molecule is Cc1cc2nc(C)c(C)c(=O)n2nc1N1CCC(Oc2ccc3c(c2)OCCO3)CC1. The monoisotopic (exact) mass is 422 g/mol. The summed E-state index contributed by atoms with van der Waals surface area (Å²) in [6.07, 6.45) is 1.86. The Morgan fingerprint density at radius 2 is 1.77 bits per heavy atom. The minimum Gasteiger partial charge on any atom is -0.490 e. The van der Waals surface area contributed by atoms with Crippen LogP contribution in [0.25, 0.3) is 5.65 Å². The fourth-order valence-corrected chi connectivity index (χ4v) is 4.13. The topological polar surface area (TPSA) is 78.2 Å². The van der Waals surface area contributed by atoms with Crippen LogP contribution in [-0.4, -0.2) is 47.0 Å². The van der Waals surface area contributed by atoms with Crippen LogP contribution in [-0.2, 0) is 0 Å². The summed E-state index contributed by atoms with van der Waals surface area (Å²) in [6, 6.07) is 7.67. The molecule has 1 saturated heterocycles. The van der Waals surface area contributed by atoms with Crippen LogP contribution in [0.2, 0.25) is 0 Å². The number of aryl methyl sites for hydroxylation is 2. The van der Waals surface area contributed by atoms with E-state index >= 15 is 0 Å². The van der Waals surface area contributed by atoms with E-state index in [1.54, 1.807) is 6.92 Å². The van der Waals surface area contributed by atoms with Crippen molar-refractivity contribution in [1.29, 1.82) is 0 Å². The molecule has 0 aliphatic carbocycles. The number of anilines is 1. The van der Waals surface area contributed by atoms with Crippen LogP contribution < -0.4 is 24.7 Å². The summed E-state index contributed by atoms with van der Waals surface area (Å²) >= 11 is 0. The maximum Gasteiger partial charge on any atom is 0.277 e. The fourth-order valence-electron chi connectivity index (χ4n) is 4.13. The average Bonchev–Trinajstić information content (AvgIpc) is 2.78. The third-order valence-electron chi connectivity index (χ3n) is 6.01. The van der Waals surface area contributed by atoms with Crippen molar-refractivity contribution in [2.24, 2.45) is 0 Å². The fraction of sp³-hybridized carbons (Fsp3) is 0.435. The zero-order valence-corrected chi connectivity index (χ0v) is 18.1. The number of ether oxygens (including phenoxy) is 3. The van der Waals surface area contributed by atoms with Crippen molar-refractivity contribution in [3.8, 4) is 17.2 Å². The van der Waals surface area contributed by atoms with Crippen molar-refractivity contribution >= 4 is 11.5 Å². The lowest BCUT2D eigenvalue weighted by atomic mass is 10.1. The van der Waals surface area contributed by atoms with Crippen LogP contribution >= 0.6 is 0 Å². The van der Waals surface area contributed by atoms with Crippen LogP contribution in [0.3, 0.4) is 0 Å². The molecule has 2 aliphatic rings. The molecular weight excluding hydrogens is 396 g/mol. The maximum absolute atomic E-state index is 12.7. The summed E-state index contributed by atoms with van der Waals surface area (Å²) < 4.78 is 18.8. The van der Waals surface area contributed by atoms with Crippen LogP contribution in [0, 0.1) is 20.8 Å². The predicted molar refractivity (Wildman–Crippen MR) is 117 cm³/mol. The Balaban J connectivity index is 1.31. The van der Waals surface area contributed by atoms with Crippen LogP contribution in [0.4, 0.5) is 5.82 Å². The van der Waals surface area contributed by atoms with E-state index in [0.717, 1.165) is 60.3 Å². The predicted octanol–water partition coefficient (Wildman–Crippen LogP) is 2.83. The molecular formula is C23H26N4O4. The first-order valence-electron chi connectivity index (χ1n) is 10.7. The number of benzene rings is 1. The normalized spacial score (nSPS) is 16.5. The first-order valence-corrected chi connectivity index (χ1v) is 10.7. The Kier molecular flexibility index (Phi) is 4.92. The zero-order valence-electron chi connectivity index (χ0n) is 18.1. The van der Waals surface area contributed by atoms with Crippen molar-refractivity contribution in [3.05, 3.63) is 51.4 Å². The molecule has 3 aromatic rings. The molecule has 0 amide bonds. The molecule has 0 saturated carbocycles. The van der Waals surface area contributed by atoms with Crippen LogP contribution in [0.5, 0.6) is 17.2 Å². The Labute approximate surface area is 180 Å². The zero-order chi connectivity index (χ0) is 21.5. The van der Waals surface area contributed by atoms with E-state index in [1.165, 1.54) is 4.52 Å². The van der Waals surface area contributed by atoms with Gasteiger partial charge >= 0.3 is 0 Å². The molecule has 5 rings (SSSR count). The molecule has 1 fully saturated rings. The van der Waals surface area contributed by atoms with Gasteiger partial charge in [-0.3, -0.25) is 4.79 Å². The molecule has 2 aromatic heterocycles. The van der Waals surface area contributed by atoms with E-state index in [4.69, 9.17) is 14.2 Å². The van der Waals surface area contributed by atoms with E-state index in [2.05, 4.69) is 15.0 Å². The highest BCUT2D eigenvalue weighted by Gasteiger charge is 2.24. The lowest BCUT2D eigenvalue weighted by Crippen LogP contribution is -2.39. The second-order valence-electron chi connectivity index (χ2n) is 8.16. The molecule has 31 heavy (non-hydrogen) atoms. The van der Waals surface area contributed by atoms with E-state index in [1.807, 2.05) is 38.1 Å². The number of fused-ring (bicyclic) bond motifs is 2. The summed E-state index contributed by atoms with van der Waals surface area (Å²) in [5, 5.41) is 4.65. The number of hydrogen-bond donors (Lipinski definition) is 0. The van der Waals surface area contributed by atoms with Gasteiger partial charge in [-0.25, -0.2) is 4.98 Å². The van der Waals surface area contributed by atoms with Gasteiger partial charge in [0.2, 0.25) is 0 Å². The molecule has 2 aliphatic heterocycles. The minimum absolute atomic E-state index is 0.111. The summed E-state index contributed by atoms with van der Waals surface area (Å²) in [6.45, 7) is 8.41. The van der Waals surface area contributed by atoms with Gasteiger partial charge < -0.3 is 19.1 Å². The lowest BCUT2D eigenvalue weighted by molar-refractivity contribution is 0.159. The molecule has 0 N–H and O–H groups in total. The van der Waals surface area contributed by atoms with Gasteiger partial charge in [-0.1, -0.05) is 0 Å². The molecule has 0 atom stereocenters. The Morgan fingerprint density at radius 1 is 1.03 bits per heavy atom. The molecule has 162 valence electrons. The smallest absolute Gasteiger partial charge is 0.277 e. The van der Waals surface area contributed by atoms with Gasteiger partial charge in [0.1, 0.15) is 25.1 Å². The molecule has 0 bridgehead atoms. The molecule has 0 unspecified atom stereocenters. The van der Waals surface area contributed by atoms with Crippen LogP contribution in [0.15, 0.2) is 29.1 Å².